The summed E-state index contributed by atoms with van der Waals surface area (Å²) in [6.07, 6.45) is -2.57. The number of amides is 2. The van der Waals surface area contributed by atoms with Crippen molar-refractivity contribution in [3.8, 4) is 23.1 Å². The van der Waals surface area contributed by atoms with Gasteiger partial charge < -0.3 is 30.3 Å². The number of benzene rings is 3. The molecule has 0 aliphatic heterocycles. The van der Waals surface area contributed by atoms with E-state index in [0.717, 1.165) is 6.08 Å². The van der Waals surface area contributed by atoms with E-state index in [9.17, 15) is 18.0 Å². The zero-order valence-corrected chi connectivity index (χ0v) is 23.1. The van der Waals surface area contributed by atoms with Gasteiger partial charge in [0.25, 0.3) is 0 Å². The van der Waals surface area contributed by atoms with Crippen LogP contribution in [0.5, 0.6) is 23.1 Å². The van der Waals surface area contributed by atoms with Crippen molar-refractivity contribution in [2.45, 2.75) is 19.0 Å². The molecule has 10 nitrogen and oxygen atoms in total. The van der Waals surface area contributed by atoms with Crippen LogP contribution >= 0.6 is 0 Å². The van der Waals surface area contributed by atoms with E-state index in [0.29, 0.717) is 39.5 Å². The number of aromatic nitrogens is 2. The van der Waals surface area contributed by atoms with Crippen molar-refractivity contribution in [1.29, 1.82) is 5.41 Å². The highest BCUT2D eigenvalue weighted by atomic mass is 19.4. The van der Waals surface area contributed by atoms with Gasteiger partial charge in [-0.15, -0.1) is 0 Å². The largest absolute Gasteiger partial charge is 0.493 e. The zero-order valence-electron chi connectivity index (χ0n) is 23.1. The van der Waals surface area contributed by atoms with Gasteiger partial charge in [-0.25, -0.2) is 14.8 Å². The Balaban J connectivity index is 1.33. The number of urea groups is 1. The number of carbonyl (C=O) groups excluding carboxylic acids is 1. The molecule has 0 saturated heterocycles. The number of alkyl halides is 3. The van der Waals surface area contributed by atoms with Crippen LogP contribution in [0.15, 0.2) is 85.0 Å². The van der Waals surface area contributed by atoms with Crippen molar-refractivity contribution >= 4 is 34.0 Å². The lowest BCUT2D eigenvalue weighted by molar-refractivity contribution is -0.165. The summed E-state index contributed by atoms with van der Waals surface area (Å²) in [5, 5.41) is 16.8. The van der Waals surface area contributed by atoms with Crippen LogP contribution in [0, 0.1) is 10.8 Å². The predicted molar refractivity (Wildman–Crippen MR) is 155 cm³/mol. The van der Waals surface area contributed by atoms with E-state index in [-0.39, 0.29) is 24.5 Å². The molecule has 222 valence electrons. The Labute approximate surface area is 244 Å². The van der Waals surface area contributed by atoms with Gasteiger partial charge >= 0.3 is 12.2 Å². The molecule has 1 saturated carbocycles. The van der Waals surface area contributed by atoms with E-state index >= 15 is 0 Å². The lowest BCUT2D eigenvalue weighted by Gasteiger charge is -2.20. The second-order valence-corrected chi connectivity index (χ2v) is 9.65. The summed E-state index contributed by atoms with van der Waals surface area (Å²) < 4.78 is 57.5. The Morgan fingerprint density at radius 1 is 0.930 bits per heavy atom. The third kappa shape index (κ3) is 6.45. The quantitative estimate of drug-likeness (QED) is 0.148. The van der Waals surface area contributed by atoms with E-state index in [2.05, 4.69) is 25.9 Å². The first-order valence-electron chi connectivity index (χ1n) is 13.0. The zero-order chi connectivity index (χ0) is 30.6. The molecule has 2 amide bonds. The molecule has 43 heavy (non-hydrogen) atoms. The normalized spacial score (nSPS) is 14.0. The van der Waals surface area contributed by atoms with Crippen LogP contribution in [0.3, 0.4) is 0 Å². The molecular formula is C30H27F3N6O4. The fourth-order valence-corrected chi connectivity index (χ4v) is 4.37. The number of allylic oxidation sites excluding steroid dienone is 1. The molecule has 0 radical (unpaired) electrons. The molecule has 4 aromatic rings. The molecule has 13 heteroatoms. The smallest absolute Gasteiger partial charge is 0.399 e. The molecule has 0 atom stereocenters. The molecule has 1 aromatic heterocycles. The average molecular weight is 593 g/mol. The minimum Gasteiger partial charge on any atom is -0.493 e. The highest BCUT2D eigenvalue weighted by Crippen LogP contribution is 2.58. The van der Waals surface area contributed by atoms with Crippen molar-refractivity contribution in [1.82, 2.24) is 15.3 Å². The average Bonchev–Trinajstić information content (AvgIpc) is 3.80. The van der Waals surface area contributed by atoms with Gasteiger partial charge in [-0.1, -0.05) is 24.3 Å². The number of methoxy groups -OCH3 is 2. The van der Waals surface area contributed by atoms with Crippen LogP contribution in [0.4, 0.5) is 29.3 Å². The summed E-state index contributed by atoms with van der Waals surface area (Å²) in [5.41, 5.74) is -1.44. The Bertz CT molecular complexity index is 1690. The molecule has 4 N–H and O–H groups in total. The Morgan fingerprint density at radius 3 is 2.30 bits per heavy atom. The molecule has 0 bridgehead atoms. The molecular weight excluding hydrogens is 565 g/mol. The number of hydrogen-bond acceptors (Lipinski definition) is 8. The number of rotatable bonds is 10. The molecule has 3 aromatic carbocycles. The van der Waals surface area contributed by atoms with E-state index < -0.39 is 23.3 Å². The van der Waals surface area contributed by atoms with Crippen LogP contribution in [0.2, 0.25) is 0 Å². The molecule has 1 heterocycles. The van der Waals surface area contributed by atoms with Crippen LogP contribution in [0.1, 0.15) is 12.8 Å². The number of halogens is 3. The van der Waals surface area contributed by atoms with E-state index in [1.807, 2.05) is 0 Å². The van der Waals surface area contributed by atoms with Gasteiger partial charge in [-0.2, -0.15) is 13.2 Å². The highest BCUT2D eigenvalue weighted by molar-refractivity contribution is 6.01. The van der Waals surface area contributed by atoms with Gasteiger partial charge in [-0.3, -0.25) is 5.32 Å². The lowest BCUT2D eigenvalue weighted by atomic mass is 9.99. The minimum absolute atomic E-state index is 0.0894. The number of carbonyl (C=O) groups is 1. The van der Waals surface area contributed by atoms with Gasteiger partial charge in [0, 0.05) is 29.6 Å². The van der Waals surface area contributed by atoms with Gasteiger partial charge in [0.15, 0.2) is 11.5 Å². The van der Waals surface area contributed by atoms with Gasteiger partial charge in [0.05, 0.1) is 30.8 Å². The predicted octanol–water partition coefficient (Wildman–Crippen LogP) is 6.88. The highest BCUT2D eigenvalue weighted by Gasteiger charge is 2.65. The number of fused-ring (bicyclic) bond motifs is 1. The maximum Gasteiger partial charge on any atom is 0.399 e. The maximum atomic E-state index is 13.6. The Hall–Kier alpha value is -5.33. The molecule has 0 unspecified atom stereocenters. The standard InChI is InChI=1S/C30H27F3N6O4/c1-41-23-14-21-22(15-24(23)42-2)35-17-36-27(21)43-20-10-6-9-19(13-20)38-28(40)39-26(37-18-7-4-3-5-8-18)16-25(34)29(11-12-29)30(31,32)33/h3-10,13-17,34,37H,11-12H2,1-2H3,(H2,38,39,40)/b26-16+,34-25?. The van der Waals surface area contributed by atoms with E-state index in [1.165, 1.54) is 20.5 Å². The monoisotopic (exact) mass is 592 g/mol. The number of para-hydroxylation sites is 1. The Morgan fingerprint density at radius 2 is 1.63 bits per heavy atom. The SMILES string of the molecule is COc1cc2ncnc(Oc3cccc(NC(=O)N/C(=C/C(=N)C4(C(F)(F)F)CC4)Nc4ccccc4)c3)c2cc1OC. The van der Waals surface area contributed by atoms with Crippen molar-refractivity contribution in [3.63, 3.8) is 0 Å². The number of nitrogens with one attached hydrogen (secondary N) is 4. The Kier molecular flexibility index (Phi) is 8.06. The number of hydrogen-bond donors (Lipinski definition) is 4. The molecule has 0 spiro atoms. The third-order valence-electron chi connectivity index (χ3n) is 6.81. The van der Waals surface area contributed by atoms with Crippen molar-refractivity contribution in [3.05, 3.63) is 85.0 Å². The third-order valence-corrected chi connectivity index (χ3v) is 6.81. The van der Waals surface area contributed by atoms with Gasteiger partial charge in [0.1, 0.15) is 23.3 Å². The lowest BCUT2D eigenvalue weighted by Crippen LogP contribution is -2.35. The summed E-state index contributed by atoms with van der Waals surface area (Å²) >= 11 is 0. The summed E-state index contributed by atoms with van der Waals surface area (Å²) in [7, 11) is 3.02. The molecule has 1 aliphatic rings. The topological polar surface area (TPSA) is 130 Å². The number of ether oxygens (including phenoxy) is 3. The van der Waals surface area contributed by atoms with Crippen LogP contribution in [0.25, 0.3) is 10.9 Å². The minimum atomic E-state index is -4.56. The fourth-order valence-electron chi connectivity index (χ4n) is 4.37. The summed E-state index contributed by atoms with van der Waals surface area (Å²) in [6, 6.07) is 17.7. The second-order valence-electron chi connectivity index (χ2n) is 9.65. The van der Waals surface area contributed by atoms with Crippen LogP contribution in [-0.4, -0.2) is 42.1 Å². The first kappa shape index (κ1) is 29.2. The number of nitrogens with zero attached hydrogens (tertiary/aromatic N) is 2. The summed E-state index contributed by atoms with van der Waals surface area (Å²) in [5.74, 6) is 1.45. The van der Waals surface area contributed by atoms with Crippen molar-refractivity contribution in [2.75, 3.05) is 24.9 Å². The first-order valence-corrected chi connectivity index (χ1v) is 13.0. The first-order chi connectivity index (χ1) is 20.6. The number of anilines is 2. The molecule has 5 rings (SSSR count). The second kappa shape index (κ2) is 11.9. The van der Waals surface area contributed by atoms with Crippen molar-refractivity contribution < 1.29 is 32.2 Å². The van der Waals surface area contributed by atoms with E-state index in [1.54, 1.807) is 66.7 Å². The van der Waals surface area contributed by atoms with Crippen LogP contribution < -0.4 is 30.2 Å². The van der Waals surface area contributed by atoms with Crippen molar-refractivity contribution in [2.24, 2.45) is 5.41 Å². The van der Waals surface area contributed by atoms with Gasteiger partial charge in [-0.05, 0) is 43.2 Å². The molecule has 1 fully saturated rings. The fraction of sp³-hybridized carbons (Fsp3) is 0.200. The summed E-state index contributed by atoms with van der Waals surface area (Å²) in [4.78, 5) is 21.4. The van der Waals surface area contributed by atoms with Gasteiger partial charge in [0.2, 0.25) is 5.88 Å². The van der Waals surface area contributed by atoms with Crippen LogP contribution in [-0.2, 0) is 0 Å². The maximum absolute atomic E-state index is 13.6. The summed E-state index contributed by atoms with van der Waals surface area (Å²) in [6.45, 7) is 0. The van der Waals surface area contributed by atoms with E-state index in [4.69, 9.17) is 19.6 Å². The molecule has 1 aliphatic carbocycles.